The number of nitrogens with zero attached hydrogens (tertiary/aromatic N) is 2. The zero-order valence-corrected chi connectivity index (χ0v) is 18.5. The lowest BCUT2D eigenvalue weighted by atomic mass is 10.0. The number of carboxylic acids is 1. The minimum absolute atomic E-state index is 0.171. The molecule has 0 radical (unpaired) electrons. The Morgan fingerprint density at radius 3 is 2.42 bits per heavy atom. The van der Waals surface area contributed by atoms with Gasteiger partial charge in [-0.15, -0.1) is 0 Å². The van der Waals surface area contributed by atoms with Gasteiger partial charge in [0.25, 0.3) is 0 Å². The maximum Gasteiger partial charge on any atom is 0.337 e. The minimum Gasteiger partial charge on any atom is -0.478 e. The summed E-state index contributed by atoms with van der Waals surface area (Å²) < 4.78 is 14.6. The predicted octanol–water partition coefficient (Wildman–Crippen LogP) is 6.07. The Bertz CT molecular complexity index is 1360. The first-order chi connectivity index (χ1) is 15.9. The third kappa shape index (κ3) is 3.89. The number of aromatic nitrogens is 1. The van der Waals surface area contributed by atoms with Crippen molar-refractivity contribution in [3.63, 3.8) is 0 Å². The summed E-state index contributed by atoms with van der Waals surface area (Å²) in [6, 6.07) is 19.7. The molecule has 1 aromatic heterocycles. The van der Waals surface area contributed by atoms with Crippen LogP contribution in [0.3, 0.4) is 0 Å². The van der Waals surface area contributed by atoms with E-state index in [2.05, 4.69) is 22.3 Å². The van der Waals surface area contributed by atoms with E-state index in [-0.39, 0.29) is 17.4 Å². The van der Waals surface area contributed by atoms with E-state index in [0.717, 1.165) is 29.9 Å². The molecule has 2 heterocycles. The number of hydrogen-bond donors (Lipinski definition) is 2. The van der Waals surface area contributed by atoms with Crippen LogP contribution >= 0.6 is 0 Å². The molecule has 6 heteroatoms. The molecular weight excluding hydrogens is 417 g/mol. The van der Waals surface area contributed by atoms with Crippen molar-refractivity contribution in [2.75, 3.05) is 10.2 Å². The molecule has 33 heavy (non-hydrogen) atoms. The number of nitrogens with one attached hydrogen (secondary N) is 1. The summed E-state index contributed by atoms with van der Waals surface area (Å²) >= 11 is 0. The van der Waals surface area contributed by atoms with Crippen molar-refractivity contribution in [3.05, 3.63) is 100 Å². The molecule has 0 saturated carbocycles. The predicted molar refractivity (Wildman–Crippen MR) is 128 cm³/mol. The van der Waals surface area contributed by atoms with Gasteiger partial charge in [0.2, 0.25) is 0 Å². The molecule has 0 amide bonds. The van der Waals surface area contributed by atoms with Gasteiger partial charge in [0.15, 0.2) is 0 Å². The average molecular weight is 442 g/mol. The van der Waals surface area contributed by atoms with Crippen LogP contribution in [0.2, 0.25) is 0 Å². The number of carbonyl (C=O) groups is 1. The molecule has 166 valence electrons. The van der Waals surface area contributed by atoms with Gasteiger partial charge in [-0.25, -0.2) is 14.2 Å². The van der Waals surface area contributed by atoms with Crippen molar-refractivity contribution in [1.82, 2.24) is 4.98 Å². The summed E-state index contributed by atoms with van der Waals surface area (Å²) in [5.74, 6) is -0.482. The van der Waals surface area contributed by atoms with Crippen LogP contribution < -0.4 is 10.2 Å². The molecule has 0 fully saturated rings. The number of anilines is 2. The largest absolute Gasteiger partial charge is 0.478 e. The molecule has 5 rings (SSSR count). The first-order valence-electron chi connectivity index (χ1n) is 10.9. The number of fused-ring (bicyclic) bond motifs is 2. The highest BCUT2D eigenvalue weighted by atomic mass is 19.1. The van der Waals surface area contributed by atoms with Crippen LogP contribution in [0, 0.1) is 12.7 Å². The molecular formula is C27H24FN3O2. The normalized spacial score (nSPS) is 13.7. The van der Waals surface area contributed by atoms with E-state index in [1.807, 2.05) is 32.0 Å². The number of carboxylic acid groups (broad SMARTS) is 1. The molecule has 3 aromatic carbocycles. The monoisotopic (exact) mass is 441 g/mol. The topological polar surface area (TPSA) is 65.5 Å². The fourth-order valence-corrected chi connectivity index (χ4v) is 4.61. The van der Waals surface area contributed by atoms with Crippen molar-refractivity contribution < 1.29 is 14.3 Å². The van der Waals surface area contributed by atoms with Gasteiger partial charge in [-0.1, -0.05) is 36.4 Å². The van der Waals surface area contributed by atoms with Gasteiger partial charge >= 0.3 is 5.97 Å². The highest BCUT2D eigenvalue weighted by Gasteiger charge is 2.23. The summed E-state index contributed by atoms with van der Waals surface area (Å²) in [5, 5.41) is 13.5. The van der Waals surface area contributed by atoms with E-state index in [1.165, 1.54) is 23.3 Å². The third-order valence-corrected chi connectivity index (χ3v) is 6.21. The van der Waals surface area contributed by atoms with Gasteiger partial charge in [-0.2, -0.15) is 0 Å². The van der Waals surface area contributed by atoms with E-state index in [4.69, 9.17) is 4.98 Å². The number of rotatable bonds is 5. The Morgan fingerprint density at radius 1 is 1.06 bits per heavy atom. The van der Waals surface area contributed by atoms with Gasteiger partial charge in [0.05, 0.1) is 17.1 Å². The van der Waals surface area contributed by atoms with Crippen LogP contribution in [-0.4, -0.2) is 16.1 Å². The Labute approximate surface area is 191 Å². The molecule has 0 saturated heterocycles. The number of pyridine rings is 1. The van der Waals surface area contributed by atoms with Gasteiger partial charge in [-0.05, 0) is 60.9 Å². The standard InChI is InChI=1S/C27H24FN3O2/c1-16-11-20-12-21(28)13-23(17(2)29-24-10-6-5-9-22(24)27(32)33)25(20)30-26(16)31-14-18-7-3-4-8-19(18)15-31/h3-13,17,29H,14-15H2,1-2H3,(H,32,33)/t17-/m1/s1. The van der Waals surface area contributed by atoms with Crippen molar-refractivity contribution >= 4 is 28.4 Å². The second kappa shape index (κ2) is 8.20. The lowest BCUT2D eigenvalue weighted by Gasteiger charge is -2.22. The van der Waals surface area contributed by atoms with Crippen LogP contribution in [-0.2, 0) is 13.1 Å². The van der Waals surface area contributed by atoms with E-state index < -0.39 is 5.97 Å². The van der Waals surface area contributed by atoms with Crippen molar-refractivity contribution in [2.45, 2.75) is 33.0 Å². The minimum atomic E-state index is -1.01. The Kier molecular flexibility index (Phi) is 5.21. The second-order valence-electron chi connectivity index (χ2n) is 8.54. The number of para-hydroxylation sites is 1. The zero-order valence-electron chi connectivity index (χ0n) is 18.5. The van der Waals surface area contributed by atoms with Crippen LogP contribution in [0.15, 0.2) is 66.7 Å². The zero-order chi connectivity index (χ0) is 23.1. The van der Waals surface area contributed by atoms with E-state index >= 15 is 0 Å². The van der Waals surface area contributed by atoms with Crippen LogP contribution in [0.4, 0.5) is 15.9 Å². The molecule has 1 atom stereocenters. The van der Waals surface area contributed by atoms with Crippen LogP contribution in [0.25, 0.3) is 10.9 Å². The highest BCUT2D eigenvalue weighted by Crippen LogP contribution is 2.34. The lowest BCUT2D eigenvalue weighted by Crippen LogP contribution is -2.18. The molecule has 4 aromatic rings. The maximum absolute atomic E-state index is 14.6. The fraction of sp³-hybridized carbons (Fsp3) is 0.185. The van der Waals surface area contributed by atoms with Crippen molar-refractivity contribution in [1.29, 1.82) is 0 Å². The van der Waals surface area contributed by atoms with E-state index in [1.54, 1.807) is 24.3 Å². The molecule has 5 nitrogen and oxygen atoms in total. The van der Waals surface area contributed by atoms with Crippen LogP contribution in [0.5, 0.6) is 0 Å². The number of aryl methyl sites for hydroxylation is 1. The number of benzene rings is 3. The van der Waals surface area contributed by atoms with E-state index in [0.29, 0.717) is 16.8 Å². The number of hydrogen-bond acceptors (Lipinski definition) is 4. The smallest absolute Gasteiger partial charge is 0.337 e. The van der Waals surface area contributed by atoms with Crippen LogP contribution in [0.1, 0.15) is 45.6 Å². The molecule has 0 spiro atoms. The molecule has 1 aliphatic rings. The van der Waals surface area contributed by atoms with Gasteiger partial charge < -0.3 is 15.3 Å². The average Bonchev–Trinajstić information content (AvgIpc) is 3.22. The Hall–Kier alpha value is -3.93. The Morgan fingerprint density at radius 2 is 1.73 bits per heavy atom. The second-order valence-corrected chi connectivity index (χ2v) is 8.54. The molecule has 0 unspecified atom stereocenters. The SMILES string of the molecule is Cc1cc2cc(F)cc([C@@H](C)Nc3ccccc3C(=O)O)c2nc1N1Cc2ccccc2C1. The summed E-state index contributed by atoms with van der Waals surface area (Å²) in [6.07, 6.45) is 0. The van der Waals surface area contributed by atoms with E-state index in [9.17, 15) is 14.3 Å². The molecule has 1 aliphatic heterocycles. The summed E-state index contributed by atoms with van der Waals surface area (Å²) in [6.45, 7) is 5.46. The quantitative estimate of drug-likeness (QED) is 0.393. The first kappa shape index (κ1) is 20.9. The molecule has 2 N–H and O–H groups in total. The van der Waals surface area contributed by atoms with Gasteiger partial charge in [-0.3, -0.25) is 0 Å². The lowest BCUT2D eigenvalue weighted by molar-refractivity contribution is 0.0698. The number of aromatic carboxylic acids is 1. The molecule has 0 aliphatic carbocycles. The van der Waals surface area contributed by atoms with Crippen molar-refractivity contribution in [2.24, 2.45) is 0 Å². The fourth-order valence-electron chi connectivity index (χ4n) is 4.61. The first-order valence-corrected chi connectivity index (χ1v) is 10.9. The van der Waals surface area contributed by atoms with Gasteiger partial charge in [0, 0.05) is 29.7 Å². The van der Waals surface area contributed by atoms with Crippen molar-refractivity contribution in [3.8, 4) is 0 Å². The third-order valence-electron chi connectivity index (χ3n) is 6.21. The Balaban J connectivity index is 1.55. The highest BCUT2D eigenvalue weighted by molar-refractivity contribution is 5.94. The number of halogens is 1. The summed E-state index contributed by atoms with van der Waals surface area (Å²) in [5.41, 5.74) is 5.62. The van der Waals surface area contributed by atoms with Gasteiger partial charge in [0.1, 0.15) is 11.6 Å². The summed E-state index contributed by atoms with van der Waals surface area (Å²) in [7, 11) is 0. The summed E-state index contributed by atoms with van der Waals surface area (Å²) in [4.78, 5) is 18.9. The maximum atomic E-state index is 14.6. The molecule has 0 bridgehead atoms.